The third kappa shape index (κ3) is 1.79. The molecule has 0 bridgehead atoms. The summed E-state index contributed by atoms with van der Waals surface area (Å²) in [4.78, 5) is 44.7. The van der Waals surface area contributed by atoms with Crippen molar-refractivity contribution in [2.45, 2.75) is 6.04 Å². The first-order valence-electron chi connectivity index (χ1n) is 3.97. The van der Waals surface area contributed by atoms with E-state index < -0.39 is 35.8 Å². The van der Waals surface area contributed by atoms with Gasteiger partial charge >= 0.3 is 12.0 Å². The molecular weight excluding hydrogens is 206 g/mol. The number of carbonyl (C=O) groups excluding carboxylic acids is 3. The molecule has 1 aliphatic heterocycles. The molecule has 4 amide bonds. The number of urea groups is 1. The van der Waals surface area contributed by atoms with Crippen LogP contribution in [0.2, 0.25) is 0 Å². The fourth-order valence-electron chi connectivity index (χ4n) is 1.15. The fraction of sp³-hybridized carbons (Fsp3) is 0.429. The highest BCUT2D eigenvalue weighted by atomic mass is 16.4. The predicted octanol–water partition coefficient (Wildman–Crippen LogP) is -2.28. The summed E-state index contributed by atoms with van der Waals surface area (Å²) in [6.07, 6.45) is 0. The lowest BCUT2D eigenvalue weighted by Gasteiger charge is -2.28. The first-order chi connectivity index (χ1) is 6.86. The Morgan fingerprint density at radius 3 is 2.53 bits per heavy atom. The van der Waals surface area contributed by atoms with Crippen molar-refractivity contribution in [3.05, 3.63) is 0 Å². The Bertz CT molecular complexity index is 353. The number of carboxylic acid groups (broad SMARTS) is 1. The predicted molar refractivity (Wildman–Crippen MR) is 45.4 cm³/mol. The first-order valence-corrected chi connectivity index (χ1v) is 3.97. The molecule has 0 aliphatic carbocycles. The van der Waals surface area contributed by atoms with Crippen molar-refractivity contribution in [1.82, 2.24) is 10.2 Å². The van der Waals surface area contributed by atoms with Gasteiger partial charge < -0.3 is 10.8 Å². The quantitative estimate of drug-likeness (QED) is 0.445. The van der Waals surface area contributed by atoms with Crippen molar-refractivity contribution in [2.75, 3.05) is 7.05 Å². The zero-order valence-corrected chi connectivity index (χ0v) is 7.76. The van der Waals surface area contributed by atoms with E-state index in [1.54, 1.807) is 0 Å². The van der Waals surface area contributed by atoms with Gasteiger partial charge in [0.2, 0.25) is 11.8 Å². The second-order valence-corrected chi connectivity index (χ2v) is 3.03. The fourth-order valence-corrected chi connectivity index (χ4v) is 1.15. The Hall–Kier alpha value is -1.96. The highest BCUT2D eigenvalue weighted by molar-refractivity contribution is 6.17. The van der Waals surface area contributed by atoms with Crippen LogP contribution < -0.4 is 11.1 Å². The number of carboxylic acids is 1. The average Bonchev–Trinajstić information content (AvgIpc) is 2.14. The molecule has 1 rings (SSSR count). The van der Waals surface area contributed by atoms with Gasteiger partial charge in [0.15, 0.2) is 0 Å². The van der Waals surface area contributed by atoms with Gasteiger partial charge in [0.1, 0.15) is 12.0 Å². The minimum Gasteiger partial charge on any atom is -0.480 e. The number of amides is 4. The van der Waals surface area contributed by atoms with Gasteiger partial charge in [-0.3, -0.25) is 24.6 Å². The molecule has 1 saturated heterocycles. The van der Waals surface area contributed by atoms with Gasteiger partial charge in [-0.05, 0) is 0 Å². The van der Waals surface area contributed by atoms with Crippen LogP contribution in [-0.2, 0) is 14.4 Å². The van der Waals surface area contributed by atoms with Crippen LogP contribution in [0, 0.1) is 5.92 Å². The first kappa shape index (κ1) is 11.1. The molecule has 0 saturated carbocycles. The summed E-state index contributed by atoms with van der Waals surface area (Å²) in [7, 11) is 1.13. The summed E-state index contributed by atoms with van der Waals surface area (Å²) in [5, 5.41) is 10.4. The molecule has 0 aromatic carbocycles. The van der Waals surface area contributed by atoms with Gasteiger partial charge in [-0.1, -0.05) is 0 Å². The number of nitrogens with one attached hydrogen (secondary N) is 1. The normalized spacial score (nSPS) is 23.7. The van der Waals surface area contributed by atoms with Crippen LogP contribution in [-0.4, -0.2) is 46.9 Å². The van der Waals surface area contributed by atoms with Crippen LogP contribution >= 0.6 is 0 Å². The number of nitrogens with zero attached hydrogens (tertiary/aromatic N) is 1. The molecule has 0 radical (unpaired) electrons. The average molecular weight is 215 g/mol. The highest BCUT2D eigenvalue weighted by Gasteiger charge is 2.44. The lowest BCUT2D eigenvalue weighted by molar-refractivity contribution is -0.151. The number of aliphatic carboxylic acids is 1. The van der Waals surface area contributed by atoms with E-state index in [1.165, 1.54) is 0 Å². The van der Waals surface area contributed by atoms with Crippen LogP contribution in [0.3, 0.4) is 0 Å². The molecular formula is C7H9N3O5. The number of nitrogens with two attached hydrogens (primary N) is 1. The summed E-state index contributed by atoms with van der Waals surface area (Å²) < 4.78 is 0. The van der Waals surface area contributed by atoms with Gasteiger partial charge in [0.25, 0.3) is 0 Å². The van der Waals surface area contributed by atoms with E-state index >= 15 is 0 Å². The molecule has 2 unspecified atom stereocenters. The largest absolute Gasteiger partial charge is 0.480 e. The van der Waals surface area contributed by atoms with Crippen LogP contribution in [0.25, 0.3) is 0 Å². The van der Waals surface area contributed by atoms with E-state index in [2.05, 4.69) is 0 Å². The minimum absolute atomic E-state index is 0.620. The van der Waals surface area contributed by atoms with E-state index in [1.807, 2.05) is 5.32 Å². The van der Waals surface area contributed by atoms with Crippen molar-refractivity contribution >= 4 is 23.8 Å². The number of carbonyl (C=O) groups is 4. The van der Waals surface area contributed by atoms with Crippen molar-refractivity contribution in [3.8, 4) is 0 Å². The maximum atomic E-state index is 11.4. The summed E-state index contributed by atoms with van der Waals surface area (Å²) in [5.41, 5.74) is 5.16. The molecule has 2 atom stereocenters. The second-order valence-electron chi connectivity index (χ2n) is 3.03. The van der Waals surface area contributed by atoms with E-state index in [4.69, 9.17) is 10.8 Å². The van der Waals surface area contributed by atoms with Gasteiger partial charge in [0, 0.05) is 7.05 Å². The summed E-state index contributed by atoms with van der Waals surface area (Å²) in [6.45, 7) is 0. The van der Waals surface area contributed by atoms with Crippen molar-refractivity contribution in [3.63, 3.8) is 0 Å². The molecule has 8 nitrogen and oxygen atoms in total. The van der Waals surface area contributed by atoms with E-state index in [9.17, 15) is 19.2 Å². The highest BCUT2D eigenvalue weighted by Crippen LogP contribution is 2.11. The molecule has 1 fully saturated rings. The Morgan fingerprint density at radius 2 is 2.07 bits per heavy atom. The SMILES string of the molecule is CN1C(=O)NC(=O)C(C(N)C(=O)O)C1=O. The molecule has 0 aromatic rings. The van der Waals surface area contributed by atoms with E-state index in [-0.39, 0.29) is 0 Å². The molecule has 15 heavy (non-hydrogen) atoms. The monoisotopic (exact) mass is 215 g/mol. The third-order valence-electron chi connectivity index (χ3n) is 2.06. The molecule has 0 aromatic heterocycles. The number of rotatable bonds is 2. The zero-order valence-electron chi connectivity index (χ0n) is 7.76. The molecule has 8 heteroatoms. The summed E-state index contributed by atoms with van der Waals surface area (Å²) in [6, 6.07) is -2.55. The number of imide groups is 2. The summed E-state index contributed by atoms with van der Waals surface area (Å²) in [5.74, 6) is -4.95. The van der Waals surface area contributed by atoms with E-state index in [0.717, 1.165) is 7.05 Å². The van der Waals surface area contributed by atoms with Gasteiger partial charge in [-0.25, -0.2) is 4.79 Å². The maximum Gasteiger partial charge on any atom is 0.330 e. The maximum absolute atomic E-state index is 11.4. The van der Waals surface area contributed by atoms with Crippen molar-refractivity contribution in [1.29, 1.82) is 0 Å². The van der Waals surface area contributed by atoms with E-state index in [0.29, 0.717) is 4.90 Å². The van der Waals surface area contributed by atoms with Crippen LogP contribution in [0.5, 0.6) is 0 Å². The number of hydrogen-bond acceptors (Lipinski definition) is 5. The molecule has 82 valence electrons. The van der Waals surface area contributed by atoms with Crippen LogP contribution in [0.1, 0.15) is 0 Å². The van der Waals surface area contributed by atoms with Gasteiger partial charge in [-0.15, -0.1) is 0 Å². The molecule has 4 N–H and O–H groups in total. The molecule has 1 aliphatic rings. The smallest absolute Gasteiger partial charge is 0.330 e. The molecule has 1 heterocycles. The Kier molecular flexibility index (Phi) is 2.71. The topological polar surface area (TPSA) is 130 Å². The van der Waals surface area contributed by atoms with Crippen LogP contribution in [0.15, 0.2) is 0 Å². The Morgan fingerprint density at radius 1 is 1.53 bits per heavy atom. The standard InChI is InChI=1S/C7H9N3O5/c1-10-5(12)2(3(8)6(13)14)4(11)9-7(10)15/h2-3H,8H2,1H3,(H,13,14)(H,9,11,15). The van der Waals surface area contributed by atoms with Gasteiger partial charge in [0.05, 0.1) is 0 Å². The lowest BCUT2D eigenvalue weighted by atomic mass is 9.96. The minimum atomic E-state index is -1.66. The second kappa shape index (κ2) is 3.65. The summed E-state index contributed by atoms with van der Waals surface area (Å²) >= 11 is 0. The zero-order chi connectivity index (χ0) is 11.7. The Labute approximate surface area is 84.0 Å². The molecule has 0 spiro atoms. The van der Waals surface area contributed by atoms with Crippen molar-refractivity contribution < 1.29 is 24.3 Å². The third-order valence-corrected chi connectivity index (χ3v) is 2.06. The number of barbiturate groups is 1. The number of hydrogen-bond donors (Lipinski definition) is 3. The van der Waals surface area contributed by atoms with Crippen LogP contribution in [0.4, 0.5) is 4.79 Å². The van der Waals surface area contributed by atoms with Crippen molar-refractivity contribution in [2.24, 2.45) is 11.7 Å². The Balaban J connectivity index is 2.98. The lowest BCUT2D eigenvalue weighted by Crippen LogP contribution is -2.62. The van der Waals surface area contributed by atoms with Gasteiger partial charge in [-0.2, -0.15) is 0 Å².